The summed E-state index contributed by atoms with van der Waals surface area (Å²) in [6.07, 6.45) is -1.05. The van der Waals surface area contributed by atoms with Gasteiger partial charge in [-0.15, -0.1) is 0 Å². The molecule has 0 aromatic rings. The molecule has 0 unspecified atom stereocenters. The van der Waals surface area contributed by atoms with Gasteiger partial charge in [0.1, 0.15) is 54.4 Å². The van der Waals surface area contributed by atoms with Crippen LogP contribution in [0.25, 0.3) is 0 Å². The van der Waals surface area contributed by atoms with Gasteiger partial charge in [0, 0.05) is 24.0 Å². The molecule has 3 saturated heterocycles. The van der Waals surface area contributed by atoms with Gasteiger partial charge in [0.2, 0.25) is 94.5 Å². The Kier molecular flexibility index (Phi) is 33.4. The second-order valence-electron chi connectivity index (χ2n) is 22.5. The lowest BCUT2D eigenvalue weighted by atomic mass is 10.0. The maximum atomic E-state index is 14.0. The second kappa shape index (κ2) is 39.6. The van der Waals surface area contributed by atoms with Crippen LogP contribution in [-0.2, 0) is 90.6 Å². The normalized spacial score (nSPS) is 18.7. The number of hydrogen-bond acceptors (Lipinski definition) is 23. The summed E-state index contributed by atoms with van der Waals surface area (Å²) in [6.45, 7) is -3.00. The number of carboxylic acids is 1. The topological polar surface area (TPSA) is 684 Å². The monoisotopic (exact) mass is 1420 g/mol. The number of hydrogen-bond donors (Lipinski definition) is 22. The van der Waals surface area contributed by atoms with E-state index in [0.717, 1.165) is 24.0 Å². The number of nitrogens with zero attached hydrogens (tertiary/aromatic N) is 1. The number of carbonyl (C=O) groups is 18. The largest absolute Gasteiger partial charge is 0.481 e. The van der Waals surface area contributed by atoms with E-state index in [4.69, 9.17) is 17.2 Å². The molecule has 0 aliphatic carbocycles. The van der Waals surface area contributed by atoms with Crippen LogP contribution in [0, 0.1) is 5.92 Å². The Morgan fingerprint density at radius 2 is 1.11 bits per heavy atom. The van der Waals surface area contributed by atoms with Crippen LogP contribution >= 0.6 is 19.6 Å². The predicted molar refractivity (Wildman–Crippen MR) is 328 cm³/mol. The highest BCUT2D eigenvalue weighted by molar-refractivity contribution is 8.00. The van der Waals surface area contributed by atoms with Crippen LogP contribution in [0.4, 0.5) is 4.79 Å². The quantitative estimate of drug-likeness (QED) is 0.0153. The van der Waals surface area contributed by atoms with E-state index in [0.29, 0.717) is 12.8 Å². The fraction of sp³-hybridized carbons (Fsp3) is 0.654. The lowest BCUT2D eigenvalue weighted by Gasteiger charge is -2.30. The molecule has 43 nitrogen and oxygen atoms in total. The summed E-state index contributed by atoms with van der Waals surface area (Å²) in [6, 6.07) is -16.1. The van der Waals surface area contributed by atoms with Gasteiger partial charge < -0.3 is 122 Å². The van der Waals surface area contributed by atoms with E-state index in [9.17, 15) is 116 Å². The number of phosphoric acid groups is 1. The number of fused-ring (bicyclic) bond motifs is 1. The smallest absolute Gasteiger partial charge is 0.469 e. The van der Waals surface area contributed by atoms with Crippen molar-refractivity contribution in [2.45, 2.75) is 150 Å². The van der Waals surface area contributed by atoms with E-state index < -0.39 is 234 Å². The summed E-state index contributed by atoms with van der Waals surface area (Å²) in [5, 5.41) is 60.7. The lowest BCUT2D eigenvalue weighted by Crippen LogP contribution is -2.61. The molecule has 97 heavy (non-hydrogen) atoms. The Labute approximate surface area is 555 Å². The first-order valence-corrected chi connectivity index (χ1v) is 32.5. The minimum atomic E-state index is -5.44. The molecule has 3 aliphatic rings. The van der Waals surface area contributed by atoms with Crippen LogP contribution in [0.3, 0.4) is 0 Å². The summed E-state index contributed by atoms with van der Waals surface area (Å²) in [4.78, 5) is 249. The molecule has 0 aromatic heterocycles. The van der Waals surface area contributed by atoms with Gasteiger partial charge in [0.15, 0.2) is 0 Å². The van der Waals surface area contributed by atoms with Gasteiger partial charge in [-0.1, -0.05) is 20.3 Å². The van der Waals surface area contributed by atoms with E-state index in [1.807, 2.05) is 21.3 Å². The third-order valence-electron chi connectivity index (χ3n) is 14.5. The number of nitrogens with two attached hydrogens (primary N) is 3. The zero-order valence-corrected chi connectivity index (χ0v) is 54.4. The van der Waals surface area contributed by atoms with Gasteiger partial charge >= 0.3 is 19.8 Å². The summed E-state index contributed by atoms with van der Waals surface area (Å²) in [5.74, 6) is -19.5. The van der Waals surface area contributed by atoms with Crippen molar-refractivity contribution in [3.05, 3.63) is 0 Å². The van der Waals surface area contributed by atoms with Crippen molar-refractivity contribution in [2.75, 3.05) is 58.3 Å². The average molecular weight is 1420 g/mol. The molecular formula is C52H83N18O25PS. The Balaban J connectivity index is 1.60. The number of likely N-dealkylation sites (tertiary alicyclic amines) is 1. The molecule has 3 aliphatic heterocycles. The highest BCUT2D eigenvalue weighted by Crippen LogP contribution is 2.36. The molecule has 0 saturated carbocycles. The molecule has 542 valence electrons. The van der Waals surface area contributed by atoms with Crippen molar-refractivity contribution in [1.82, 2.24) is 79.3 Å². The number of aliphatic hydroxyl groups is 2. The molecule has 25 N–H and O–H groups in total. The average Bonchev–Trinajstić information content (AvgIpc) is 1.83. The zero-order chi connectivity index (χ0) is 73.0. The molecule has 3 heterocycles. The maximum absolute atomic E-state index is 14.0. The van der Waals surface area contributed by atoms with Gasteiger partial charge in [-0.25, -0.2) is 9.36 Å². The number of amides is 18. The minimum absolute atomic E-state index is 0.00911. The maximum Gasteiger partial charge on any atom is 0.469 e. The second-order valence-corrected chi connectivity index (χ2v) is 25.1. The van der Waals surface area contributed by atoms with Gasteiger partial charge in [-0.3, -0.25) is 86.0 Å². The summed E-state index contributed by atoms with van der Waals surface area (Å²) in [7, 11) is -5.44. The molecule has 18 amide bonds. The van der Waals surface area contributed by atoms with E-state index in [1.165, 1.54) is 13.8 Å². The van der Waals surface area contributed by atoms with Crippen molar-refractivity contribution in [2.24, 2.45) is 23.1 Å². The summed E-state index contributed by atoms with van der Waals surface area (Å²) in [5.41, 5.74) is 15.7. The van der Waals surface area contributed by atoms with E-state index in [-0.39, 0.29) is 49.2 Å². The van der Waals surface area contributed by atoms with Crippen LogP contribution in [0.2, 0.25) is 0 Å². The molecule has 0 bridgehead atoms. The SMILES string of the molecule is CC(C)[C@H](NC(=O)[C@H](CC(N)=O)NC(=O)CNC(=O)CNC(=O)CCCC[C@@H]1SC[C@@H]2NC(=O)N[C@@H]21)C(=O)N[C@@H](CO)C(=O)N[C@@H](CC(=O)O)C(=O)NCC(=O)N[C@@H](COP(=O)(O)O)C(=O)N1CCC[C@H]1C(=O)N[C@@H](CC(N)=O)C(=O)N[C@@H](C)C(=O)NCC(=O)N[C@@H](CO)C(N)=O. The van der Waals surface area contributed by atoms with Gasteiger partial charge in [-0.05, 0) is 38.5 Å². The first-order valence-electron chi connectivity index (χ1n) is 29.9. The third kappa shape index (κ3) is 28.9. The Morgan fingerprint density at radius 3 is 1.68 bits per heavy atom. The van der Waals surface area contributed by atoms with Crippen LogP contribution < -0.4 is 91.6 Å². The van der Waals surface area contributed by atoms with Crippen molar-refractivity contribution in [1.29, 1.82) is 0 Å². The fourth-order valence-corrected chi connectivity index (χ4v) is 11.4. The first kappa shape index (κ1) is 81.9. The van der Waals surface area contributed by atoms with Crippen LogP contribution in [0.5, 0.6) is 0 Å². The molecule has 3 fully saturated rings. The Bertz CT molecular complexity index is 3020. The number of thioether (sulfide) groups is 1. The van der Waals surface area contributed by atoms with Gasteiger partial charge in [-0.2, -0.15) is 11.8 Å². The lowest BCUT2D eigenvalue weighted by molar-refractivity contribution is -0.143. The molecule has 3 rings (SSSR count). The van der Waals surface area contributed by atoms with Crippen molar-refractivity contribution < 1.29 is 120 Å². The summed E-state index contributed by atoms with van der Waals surface area (Å²) >= 11 is 1.73. The molecule has 12 atom stereocenters. The van der Waals surface area contributed by atoms with Gasteiger partial charge in [0.25, 0.3) is 0 Å². The standard InChI is InChI=1S/C52H83N18O25PS/c1-22(2)41(68-47(86)24(11-33(53)73)61-37(77)15-57-36(76)14-56-35(75)9-5-4-8-32-42-30(21-97-32)67-52(91)69-42)50(89)66-28(19-72)48(87)64-26(13-40(80)81)45(84)59-17-39(79)63-29(20-95-96(92,93)94)51(90)70-10-6-7-31(70)49(88)65-25(12-34(54)74)46(85)60-23(3)44(83)58-16-38(78)62-27(18-71)43(55)82/h22-32,41-42,71-72H,4-21H2,1-3H3,(H2,53,73)(H2,54,74)(H2,55,82)(H,56,75)(H,57,76)(H,58,83)(H,59,84)(H,60,85)(H,61,77)(H,62,78)(H,63,79)(H,64,87)(H,65,88)(H,66,89)(H,68,86)(H,80,81)(H2,67,69,91)(H2,92,93,94)/t23-,24-,25-,26-,27-,28-,29-,30-,31-,32-,41-,42-/m0/s1. The number of primary amides is 3. The third-order valence-corrected chi connectivity index (χ3v) is 16.5. The Morgan fingerprint density at radius 1 is 0.598 bits per heavy atom. The number of nitrogens with one attached hydrogen (secondary N) is 14. The van der Waals surface area contributed by atoms with E-state index in [2.05, 4.69) is 57.7 Å². The van der Waals surface area contributed by atoms with Crippen molar-refractivity contribution in [3.63, 3.8) is 0 Å². The van der Waals surface area contributed by atoms with Crippen molar-refractivity contribution in [3.8, 4) is 0 Å². The Hall–Kier alpha value is -9.36. The number of unbranched alkanes of at least 4 members (excludes halogenated alkanes) is 1. The van der Waals surface area contributed by atoms with Crippen LogP contribution in [0.15, 0.2) is 0 Å². The predicted octanol–water partition coefficient (Wildman–Crippen LogP) is -12.5. The molecule has 45 heteroatoms. The number of phosphoric ester groups is 1. The fourth-order valence-electron chi connectivity index (χ4n) is 9.56. The highest BCUT2D eigenvalue weighted by atomic mass is 32.2. The number of carboxylic acid groups (broad SMARTS) is 1. The zero-order valence-electron chi connectivity index (χ0n) is 52.7. The van der Waals surface area contributed by atoms with Crippen molar-refractivity contribution >= 4 is 126 Å². The molecular weight excluding hydrogens is 1340 g/mol. The minimum Gasteiger partial charge on any atom is -0.481 e. The van der Waals surface area contributed by atoms with E-state index in [1.54, 1.807) is 11.8 Å². The van der Waals surface area contributed by atoms with E-state index >= 15 is 0 Å². The first-order chi connectivity index (χ1) is 45.4. The molecule has 0 aromatic carbocycles. The highest BCUT2D eigenvalue weighted by Gasteiger charge is 2.44. The number of aliphatic carboxylic acids is 1. The number of carbonyl (C=O) groups excluding carboxylic acids is 17. The molecule has 0 radical (unpaired) electrons. The molecule has 0 spiro atoms. The number of rotatable bonds is 42. The van der Waals surface area contributed by atoms with Gasteiger partial charge in [0.05, 0.1) is 77.3 Å². The number of urea groups is 1. The summed E-state index contributed by atoms with van der Waals surface area (Å²) < 4.78 is 16.2. The number of aliphatic hydroxyl groups excluding tert-OH is 2. The van der Waals surface area contributed by atoms with Crippen LogP contribution in [-0.4, -0.2) is 267 Å². The van der Waals surface area contributed by atoms with Crippen LogP contribution in [0.1, 0.15) is 78.6 Å².